The molecule has 0 unspecified atom stereocenters. The zero-order chi connectivity index (χ0) is 17.0. The highest BCUT2D eigenvalue weighted by Gasteiger charge is 2.33. The van der Waals surface area contributed by atoms with E-state index in [0.717, 1.165) is 37.0 Å². The summed E-state index contributed by atoms with van der Waals surface area (Å²) >= 11 is 0. The first-order chi connectivity index (χ1) is 11.6. The second kappa shape index (κ2) is 7.05. The second-order valence-corrected chi connectivity index (χ2v) is 6.59. The predicted molar refractivity (Wildman–Crippen MR) is 93.8 cm³/mol. The molecule has 0 saturated carbocycles. The fourth-order valence-corrected chi connectivity index (χ4v) is 2.46. The van der Waals surface area contributed by atoms with Gasteiger partial charge < -0.3 is 19.8 Å². The quantitative estimate of drug-likeness (QED) is 0.651. The summed E-state index contributed by atoms with van der Waals surface area (Å²) in [5, 5.41) is 6.58. The Morgan fingerprint density at radius 1 is 1.25 bits per heavy atom. The minimum absolute atomic E-state index is 0.199. The zero-order valence-corrected chi connectivity index (χ0v) is 14.4. The molecule has 128 valence electrons. The second-order valence-electron chi connectivity index (χ2n) is 6.59. The Bertz CT molecular complexity index is 702. The average Bonchev–Trinajstić information content (AvgIpc) is 3.03. The lowest BCUT2D eigenvalue weighted by molar-refractivity contribution is -0.0971. The Hall–Kier alpha value is -2.34. The number of aryl methyl sites for hydroxylation is 1. The molecule has 0 spiro atoms. The summed E-state index contributed by atoms with van der Waals surface area (Å²) in [7, 11) is 1.76. The molecule has 24 heavy (non-hydrogen) atoms. The van der Waals surface area contributed by atoms with E-state index in [-0.39, 0.29) is 5.41 Å². The van der Waals surface area contributed by atoms with Crippen LogP contribution < -0.4 is 10.6 Å². The van der Waals surface area contributed by atoms with Crippen molar-refractivity contribution in [1.29, 1.82) is 0 Å². The molecule has 0 aliphatic carbocycles. The summed E-state index contributed by atoms with van der Waals surface area (Å²) in [5.41, 5.74) is 3.23. The summed E-state index contributed by atoms with van der Waals surface area (Å²) in [6.45, 7) is 7.23. The highest BCUT2D eigenvalue weighted by atomic mass is 16.5. The molecule has 2 heterocycles. The minimum atomic E-state index is 0.199. The Morgan fingerprint density at radius 2 is 2.00 bits per heavy atom. The van der Waals surface area contributed by atoms with E-state index in [1.807, 2.05) is 24.3 Å². The van der Waals surface area contributed by atoms with Crippen LogP contribution in [0.5, 0.6) is 0 Å². The predicted octanol–water partition coefficient (Wildman–Crippen LogP) is 2.35. The number of oxazole rings is 1. The number of hydrogen-bond acceptors (Lipinski definition) is 4. The van der Waals surface area contributed by atoms with Crippen molar-refractivity contribution in [2.45, 2.75) is 20.4 Å². The number of nitrogens with one attached hydrogen (secondary N) is 2. The first-order valence-electron chi connectivity index (χ1n) is 8.12. The van der Waals surface area contributed by atoms with Crippen molar-refractivity contribution in [1.82, 2.24) is 15.6 Å². The van der Waals surface area contributed by atoms with Crippen LogP contribution in [0.2, 0.25) is 0 Å². The lowest BCUT2D eigenvalue weighted by atomic mass is 9.89. The molecule has 1 fully saturated rings. The number of guanidine groups is 1. The van der Waals surface area contributed by atoms with E-state index in [0.29, 0.717) is 12.4 Å². The summed E-state index contributed by atoms with van der Waals surface area (Å²) in [6.07, 6.45) is 1.68. The molecule has 6 heteroatoms. The molecular weight excluding hydrogens is 304 g/mol. The number of aliphatic imine (C=N–C) groups is 1. The van der Waals surface area contributed by atoms with Gasteiger partial charge in [-0.05, 0) is 19.1 Å². The van der Waals surface area contributed by atoms with E-state index in [2.05, 4.69) is 34.5 Å². The minimum Gasteiger partial charge on any atom is -0.444 e. The molecule has 1 aromatic carbocycles. The monoisotopic (exact) mass is 328 g/mol. The van der Waals surface area contributed by atoms with Crippen LogP contribution in [0.25, 0.3) is 11.5 Å². The molecule has 1 aromatic heterocycles. The van der Waals surface area contributed by atoms with E-state index < -0.39 is 0 Å². The Morgan fingerprint density at radius 3 is 2.62 bits per heavy atom. The summed E-state index contributed by atoms with van der Waals surface area (Å²) in [4.78, 5) is 8.76. The maximum absolute atomic E-state index is 5.57. The number of rotatable bonds is 5. The van der Waals surface area contributed by atoms with Crippen molar-refractivity contribution in [2.75, 3.05) is 26.8 Å². The van der Waals surface area contributed by atoms with Gasteiger partial charge in [-0.15, -0.1) is 0 Å². The zero-order valence-electron chi connectivity index (χ0n) is 14.4. The third kappa shape index (κ3) is 3.94. The molecule has 0 radical (unpaired) electrons. The maximum atomic E-state index is 5.57. The molecule has 3 rings (SSSR count). The van der Waals surface area contributed by atoms with Crippen LogP contribution in [-0.2, 0) is 11.3 Å². The van der Waals surface area contributed by atoms with Crippen LogP contribution in [0.15, 0.2) is 39.9 Å². The fourth-order valence-electron chi connectivity index (χ4n) is 2.46. The lowest BCUT2D eigenvalue weighted by Gasteiger charge is -2.38. The molecule has 1 aliphatic heterocycles. The van der Waals surface area contributed by atoms with Crippen molar-refractivity contribution in [3.63, 3.8) is 0 Å². The molecule has 6 nitrogen and oxygen atoms in total. The molecular formula is C18H24N4O2. The number of aromatic nitrogens is 1. The van der Waals surface area contributed by atoms with Crippen molar-refractivity contribution in [3.05, 3.63) is 41.8 Å². The van der Waals surface area contributed by atoms with Crippen molar-refractivity contribution in [3.8, 4) is 11.5 Å². The molecule has 1 aliphatic rings. The van der Waals surface area contributed by atoms with Crippen molar-refractivity contribution < 1.29 is 9.15 Å². The van der Waals surface area contributed by atoms with Gasteiger partial charge in [0.05, 0.1) is 25.5 Å². The van der Waals surface area contributed by atoms with Gasteiger partial charge in [0.25, 0.3) is 0 Å². The first kappa shape index (κ1) is 16.5. The molecule has 0 atom stereocenters. The molecule has 1 saturated heterocycles. The lowest BCUT2D eigenvalue weighted by Crippen LogP contribution is -2.50. The van der Waals surface area contributed by atoms with Gasteiger partial charge in [-0.1, -0.05) is 24.6 Å². The Kier molecular flexibility index (Phi) is 4.85. The van der Waals surface area contributed by atoms with Gasteiger partial charge in [0.15, 0.2) is 5.96 Å². The first-order valence-corrected chi connectivity index (χ1v) is 8.12. The third-order valence-electron chi connectivity index (χ3n) is 4.09. The van der Waals surface area contributed by atoms with Crippen LogP contribution >= 0.6 is 0 Å². The number of benzene rings is 1. The topological polar surface area (TPSA) is 71.7 Å². The van der Waals surface area contributed by atoms with Crippen LogP contribution in [-0.4, -0.2) is 37.7 Å². The van der Waals surface area contributed by atoms with Crippen LogP contribution in [0.1, 0.15) is 18.2 Å². The van der Waals surface area contributed by atoms with Gasteiger partial charge in [0.2, 0.25) is 5.89 Å². The fraction of sp³-hybridized carbons (Fsp3) is 0.444. The Labute approximate surface area is 142 Å². The molecule has 0 bridgehead atoms. The van der Waals surface area contributed by atoms with E-state index >= 15 is 0 Å². The smallest absolute Gasteiger partial charge is 0.226 e. The van der Waals surface area contributed by atoms with Gasteiger partial charge in [-0.2, -0.15) is 0 Å². The molecule has 2 N–H and O–H groups in total. The summed E-state index contributed by atoms with van der Waals surface area (Å²) < 4.78 is 10.8. The number of hydrogen-bond donors (Lipinski definition) is 2. The summed E-state index contributed by atoms with van der Waals surface area (Å²) in [5.74, 6) is 1.39. The van der Waals surface area contributed by atoms with Crippen molar-refractivity contribution in [2.24, 2.45) is 10.4 Å². The average molecular weight is 328 g/mol. The van der Waals surface area contributed by atoms with Gasteiger partial charge >= 0.3 is 0 Å². The van der Waals surface area contributed by atoms with Gasteiger partial charge in [-0.3, -0.25) is 4.99 Å². The van der Waals surface area contributed by atoms with E-state index in [1.54, 1.807) is 13.3 Å². The highest BCUT2D eigenvalue weighted by molar-refractivity contribution is 5.79. The van der Waals surface area contributed by atoms with Gasteiger partial charge in [0.1, 0.15) is 6.26 Å². The maximum Gasteiger partial charge on any atom is 0.226 e. The number of nitrogens with zero attached hydrogens (tertiary/aromatic N) is 2. The standard InChI is InChI=1S/C18H24N4O2/c1-13-4-6-14(7-5-13)16-22-15(9-24-16)8-20-17(19-3)21-10-18(2)11-23-12-18/h4-7,9H,8,10-12H2,1-3H3,(H2,19,20,21). The van der Waals surface area contributed by atoms with E-state index in [1.165, 1.54) is 5.56 Å². The Balaban J connectivity index is 1.53. The van der Waals surface area contributed by atoms with E-state index in [4.69, 9.17) is 9.15 Å². The number of ether oxygens (including phenoxy) is 1. The molecule has 0 amide bonds. The van der Waals surface area contributed by atoms with Crippen LogP contribution in [0.4, 0.5) is 0 Å². The summed E-state index contributed by atoms with van der Waals surface area (Å²) in [6, 6.07) is 8.13. The molecule has 2 aromatic rings. The SMILES string of the molecule is CN=C(NCc1coc(-c2ccc(C)cc2)n1)NCC1(C)COC1. The van der Waals surface area contributed by atoms with E-state index in [9.17, 15) is 0 Å². The van der Waals surface area contributed by atoms with Crippen LogP contribution in [0, 0.1) is 12.3 Å². The van der Waals surface area contributed by atoms with Crippen molar-refractivity contribution >= 4 is 5.96 Å². The normalized spacial score (nSPS) is 16.5. The third-order valence-corrected chi connectivity index (χ3v) is 4.09. The van der Waals surface area contributed by atoms with Gasteiger partial charge in [0, 0.05) is 24.6 Å². The van der Waals surface area contributed by atoms with Gasteiger partial charge in [-0.25, -0.2) is 4.98 Å². The highest BCUT2D eigenvalue weighted by Crippen LogP contribution is 2.25. The van der Waals surface area contributed by atoms with Crippen LogP contribution in [0.3, 0.4) is 0 Å². The largest absolute Gasteiger partial charge is 0.444 e.